The Bertz CT molecular complexity index is 595. The number of guanidine groups is 1. The summed E-state index contributed by atoms with van der Waals surface area (Å²) in [5.41, 5.74) is 0.983. The summed E-state index contributed by atoms with van der Waals surface area (Å²) in [4.78, 5) is 4.73. The number of methoxy groups -OCH3 is 3. The number of hydrogen-bond donors (Lipinski definition) is 3. The normalized spacial score (nSPS) is 12.6. The van der Waals surface area contributed by atoms with Crippen LogP contribution in [-0.2, 0) is 6.42 Å². The molecule has 0 saturated carbocycles. The number of aliphatic hydroxyl groups is 1. The molecule has 166 valence electrons. The molecule has 1 unspecified atom stereocenters. The van der Waals surface area contributed by atoms with E-state index in [1.165, 1.54) is 0 Å². The minimum atomic E-state index is 0.202. The minimum Gasteiger partial charge on any atom is -0.496 e. The van der Waals surface area contributed by atoms with E-state index in [2.05, 4.69) is 24.5 Å². The molecule has 29 heavy (non-hydrogen) atoms. The van der Waals surface area contributed by atoms with Gasteiger partial charge in [-0.1, -0.05) is 13.8 Å². The summed E-state index contributed by atoms with van der Waals surface area (Å²) in [6, 6.07) is 3.73. The van der Waals surface area contributed by atoms with Crippen LogP contribution in [0.25, 0.3) is 0 Å². The molecule has 3 N–H and O–H groups in total. The summed E-state index contributed by atoms with van der Waals surface area (Å²) < 4.78 is 16.3. The Hall–Kier alpha value is -2.15. The van der Waals surface area contributed by atoms with Gasteiger partial charge in [0.15, 0.2) is 5.96 Å². The van der Waals surface area contributed by atoms with Crippen molar-refractivity contribution in [2.24, 2.45) is 16.8 Å². The third-order valence-corrected chi connectivity index (χ3v) is 4.68. The predicted octanol–water partition coefficient (Wildman–Crippen LogP) is 2.85. The Balaban J connectivity index is 2.79. The molecule has 1 aromatic carbocycles. The fourth-order valence-electron chi connectivity index (χ4n) is 3.33. The molecule has 0 aliphatic rings. The average Bonchev–Trinajstić information content (AvgIpc) is 2.71. The Labute approximate surface area is 175 Å². The van der Waals surface area contributed by atoms with Gasteiger partial charge in [-0.2, -0.15) is 0 Å². The highest BCUT2D eigenvalue weighted by molar-refractivity contribution is 5.79. The van der Waals surface area contributed by atoms with E-state index in [9.17, 15) is 5.11 Å². The van der Waals surface area contributed by atoms with Gasteiger partial charge in [-0.15, -0.1) is 0 Å². The number of rotatable bonds is 13. The van der Waals surface area contributed by atoms with E-state index in [-0.39, 0.29) is 6.61 Å². The van der Waals surface area contributed by atoms with Gasteiger partial charge in [-0.3, -0.25) is 4.99 Å². The number of nitrogens with one attached hydrogen (secondary N) is 2. The van der Waals surface area contributed by atoms with Crippen molar-refractivity contribution in [1.82, 2.24) is 10.6 Å². The van der Waals surface area contributed by atoms with Crippen LogP contribution in [0.3, 0.4) is 0 Å². The number of benzene rings is 1. The second-order valence-corrected chi connectivity index (χ2v) is 7.41. The lowest BCUT2D eigenvalue weighted by Crippen LogP contribution is -2.38. The first-order chi connectivity index (χ1) is 14.0. The maximum absolute atomic E-state index is 9.31. The maximum Gasteiger partial charge on any atom is 0.191 e. The van der Waals surface area contributed by atoms with Crippen molar-refractivity contribution in [2.75, 3.05) is 47.6 Å². The van der Waals surface area contributed by atoms with Crippen LogP contribution >= 0.6 is 0 Å². The Kier molecular flexibility index (Phi) is 12.0. The first-order valence-corrected chi connectivity index (χ1v) is 10.4. The summed E-state index contributed by atoms with van der Waals surface area (Å²) in [7, 11) is 4.91. The largest absolute Gasteiger partial charge is 0.496 e. The average molecular weight is 410 g/mol. The van der Waals surface area contributed by atoms with Crippen LogP contribution in [0.1, 0.15) is 39.2 Å². The van der Waals surface area contributed by atoms with Gasteiger partial charge >= 0.3 is 0 Å². The van der Waals surface area contributed by atoms with Gasteiger partial charge in [0.05, 0.1) is 21.3 Å². The topological polar surface area (TPSA) is 84.3 Å². The first-order valence-electron chi connectivity index (χ1n) is 10.4. The molecule has 0 spiro atoms. The SMILES string of the molecule is CCNC(=NCC(CCO)CC(C)C)NCCc1c(OC)cc(OC)cc1OC. The monoisotopic (exact) mass is 409 g/mol. The van der Waals surface area contributed by atoms with Gasteiger partial charge in [-0.05, 0) is 38.0 Å². The van der Waals surface area contributed by atoms with Gasteiger partial charge < -0.3 is 30.0 Å². The van der Waals surface area contributed by atoms with Crippen LogP contribution in [-0.4, -0.2) is 58.6 Å². The Morgan fingerprint density at radius 2 is 1.72 bits per heavy atom. The molecule has 0 aliphatic heterocycles. The van der Waals surface area contributed by atoms with Crippen molar-refractivity contribution in [3.8, 4) is 17.2 Å². The van der Waals surface area contributed by atoms with Crippen LogP contribution in [0, 0.1) is 11.8 Å². The van der Waals surface area contributed by atoms with E-state index in [1.54, 1.807) is 21.3 Å². The van der Waals surface area contributed by atoms with Crippen LogP contribution < -0.4 is 24.8 Å². The van der Waals surface area contributed by atoms with Crippen LogP contribution in [0.2, 0.25) is 0 Å². The number of nitrogens with zero attached hydrogens (tertiary/aromatic N) is 1. The molecule has 1 atom stereocenters. The van der Waals surface area contributed by atoms with Crippen LogP contribution in [0.15, 0.2) is 17.1 Å². The second kappa shape index (κ2) is 13.9. The summed E-state index contributed by atoms with van der Waals surface area (Å²) in [5, 5.41) is 16.0. The van der Waals surface area contributed by atoms with Gasteiger partial charge in [0.1, 0.15) is 17.2 Å². The lowest BCUT2D eigenvalue weighted by Gasteiger charge is -2.18. The van der Waals surface area contributed by atoms with Gasteiger partial charge in [-0.25, -0.2) is 0 Å². The van der Waals surface area contributed by atoms with E-state index in [4.69, 9.17) is 19.2 Å². The van der Waals surface area contributed by atoms with Crippen molar-refractivity contribution in [3.63, 3.8) is 0 Å². The number of aliphatic hydroxyl groups excluding tert-OH is 1. The molecule has 7 nitrogen and oxygen atoms in total. The molecular formula is C22H39N3O4. The molecule has 0 aliphatic carbocycles. The molecule has 1 aromatic rings. The lowest BCUT2D eigenvalue weighted by molar-refractivity contribution is 0.245. The Morgan fingerprint density at radius 3 is 2.21 bits per heavy atom. The molecule has 0 saturated heterocycles. The van der Waals surface area contributed by atoms with Crippen molar-refractivity contribution in [3.05, 3.63) is 17.7 Å². The third-order valence-electron chi connectivity index (χ3n) is 4.68. The molecule has 0 aromatic heterocycles. The Morgan fingerprint density at radius 1 is 1.07 bits per heavy atom. The summed E-state index contributed by atoms with van der Waals surface area (Å²) in [5.74, 6) is 3.94. The van der Waals surface area contributed by atoms with Gasteiger partial charge in [0.2, 0.25) is 0 Å². The zero-order valence-corrected chi connectivity index (χ0v) is 18.9. The van der Waals surface area contributed by atoms with E-state index < -0.39 is 0 Å². The maximum atomic E-state index is 9.31. The molecule has 1 rings (SSSR count). The van der Waals surface area contributed by atoms with Crippen molar-refractivity contribution in [1.29, 1.82) is 0 Å². The molecule has 0 heterocycles. The van der Waals surface area contributed by atoms with E-state index in [0.29, 0.717) is 37.1 Å². The molecule has 0 amide bonds. The summed E-state index contributed by atoms with van der Waals surface area (Å²) in [6.45, 7) is 8.82. The second-order valence-electron chi connectivity index (χ2n) is 7.41. The molecule has 0 fully saturated rings. The molecule has 0 bridgehead atoms. The lowest BCUT2D eigenvalue weighted by atomic mass is 9.94. The predicted molar refractivity (Wildman–Crippen MR) is 118 cm³/mol. The van der Waals surface area contributed by atoms with Crippen LogP contribution in [0.4, 0.5) is 0 Å². The first kappa shape index (κ1) is 24.9. The highest BCUT2D eigenvalue weighted by Crippen LogP contribution is 2.34. The standard InChI is InChI=1S/C22H39N3O4/c1-7-23-22(25-15-17(9-11-26)12-16(2)3)24-10-8-19-20(28-5)13-18(27-4)14-21(19)29-6/h13-14,16-17,26H,7-12,15H2,1-6H3,(H2,23,24,25). The summed E-state index contributed by atoms with van der Waals surface area (Å²) in [6.07, 6.45) is 2.55. The van der Waals surface area contributed by atoms with E-state index >= 15 is 0 Å². The van der Waals surface area contributed by atoms with Gasteiger partial charge in [0, 0.05) is 43.9 Å². The minimum absolute atomic E-state index is 0.202. The fourth-order valence-corrected chi connectivity index (χ4v) is 3.33. The summed E-state index contributed by atoms with van der Waals surface area (Å²) >= 11 is 0. The molecule has 0 radical (unpaired) electrons. The zero-order valence-electron chi connectivity index (χ0n) is 18.9. The van der Waals surface area contributed by atoms with E-state index in [0.717, 1.165) is 42.4 Å². The van der Waals surface area contributed by atoms with Crippen LogP contribution in [0.5, 0.6) is 17.2 Å². The number of ether oxygens (including phenoxy) is 3. The molecular weight excluding hydrogens is 370 g/mol. The molecule has 7 heteroatoms. The van der Waals surface area contributed by atoms with Gasteiger partial charge in [0.25, 0.3) is 0 Å². The van der Waals surface area contributed by atoms with Crippen molar-refractivity contribution >= 4 is 5.96 Å². The number of aliphatic imine (C=N–C) groups is 1. The fraction of sp³-hybridized carbons (Fsp3) is 0.682. The van der Waals surface area contributed by atoms with Crippen molar-refractivity contribution < 1.29 is 19.3 Å². The van der Waals surface area contributed by atoms with Crippen molar-refractivity contribution in [2.45, 2.75) is 40.0 Å². The smallest absolute Gasteiger partial charge is 0.191 e. The van der Waals surface area contributed by atoms with E-state index in [1.807, 2.05) is 19.1 Å². The highest BCUT2D eigenvalue weighted by Gasteiger charge is 2.14. The quantitative estimate of drug-likeness (QED) is 0.343. The number of hydrogen-bond acceptors (Lipinski definition) is 5. The zero-order chi connectivity index (χ0) is 21.6. The third kappa shape index (κ3) is 8.81. The highest BCUT2D eigenvalue weighted by atomic mass is 16.5.